The lowest BCUT2D eigenvalue weighted by molar-refractivity contribution is -0.121. The van der Waals surface area contributed by atoms with Gasteiger partial charge < -0.3 is 10.6 Å². The van der Waals surface area contributed by atoms with Gasteiger partial charge in [-0.25, -0.2) is 5.10 Å². The van der Waals surface area contributed by atoms with E-state index in [1.165, 1.54) is 12.3 Å². The zero-order valence-electron chi connectivity index (χ0n) is 8.99. The van der Waals surface area contributed by atoms with E-state index in [1.54, 1.807) is 6.92 Å². The topological polar surface area (TPSA) is 86.9 Å². The standard InChI is InChI=1S/C10H14N4O2/c1-6(10(16)13-7-2-3-7)12-8-4-9(15)14-11-5-8/h4-7H,2-3H2,1H3,(H,13,16)(H2,12,14,15). The first-order valence-electron chi connectivity index (χ1n) is 5.27. The number of rotatable bonds is 4. The molecule has 0 bridgehead atoms. The van der Waals surface area contributed by atoms with Crippen molar-refractivity contribution in [3.8, 4) is 0 Å². The molecule has 0 aliphatic heterocycles. The van der Waals surface area contributed by atoms with Gasteiger partial charge in [0.15, 0.2) is 0 Å². The molecular weight excluding hydrogens is 208 g/mol. The van der Waals surface area contributed by atoms with E-state index in [0.29, 0.717) is 11.7 Å². The van der Waals surface area contributed by atoms with Gasteiger partial charge in [0.2, 0.25) is 5.91 Å². The smallest absolute Gasteiger partial charge is 0.266 e. The Morgan fingerprint density at radius 1 is 1.62 bits per heavy atom. The van der Waals surface area contributed by atoms with Gasteiger partial charge in [-0.1, -0.05) is 0 Å². The summed E-state index contributed by atoms with van der Waals surface area (Å²) >= 11 is 0. The molecule has 1 aliphatic rings. The molecule has 6 heteroatoms. The van der Waals surface area contributed by atoms with Crippen LogP contribution in [0.25, 0.3) is 0 Å². The molecule has 1 aromatic rings. The molecule has 0 aromatic carbocycles. The highest BCUT2D eigenvalue weighted by Crippen LogP contribution is 2.18. The fraction of sp³-hybridized carbons (Fsp3) is 0.500. The number of nitrogens with zero attached hydrogens (tertiary/aromatic N) is 1. The highest BCUT2D eigenvalue weighted by molar-refractivity contribution is 5.84. The van der Waals surface area contributed by atoms with Gasteiger partial charge in [0, 0.05) is 12.1 Å². The minimum atomic E-state index is -0.371. The van der Waals surface area contributed by atoms with Crippen LogP contribution in [0, 0.1) is 0 Å². The summed E-state index contributed by atoms with van der Waals surface area (Å²) in [6.07, 6.45) is 3.60. The summed E-state index contributed by atoms with van der Waals surface area (Å²) in [7, 11) is 0. The minimum Gasteiger partial charge on any atom is -0.372 e. The number of aromatic amines is 1. The van der Waals surface area contributed by atoms with Crippen LogP contribution in [-0.4, -0.2) is 28.2 Å². The Bertz CT molecular complexity index is 438. The van der Waals surface area contributed by atoms with E-state index in [1.807, 2.05) is 0 Å². The SMILES string of the molecule is CC(Nc1cn[nH]c(=O)c1)C(=O)NC1CC1. The number of aromatic nitrogens is 2. The number of H-pyrrole nitrogens is 1. The predicted molar refractivity (Wildman–Crippen MR) is 59.1 cm³/mol. The second-order valence-corrected chi connectivity index (χ2v) is 3.98. The van der Waals surface area contributed by atoms with Crippen LogP contribution < -0.4 is 16.2 Å². The van der Waals surface area contributed by atoms with Crippen molar-refractivity contribution in [1.29, 1.82) is 0 Å². The second-order valence-electron chi connectivity index (χ2n) is 3.98. The number of nitrogens with one attached hydrogen (secondary N) is 3. The maximum absolute atomic E-state index is 11.6. The Kier molecular flexibility index (Phi) is 2.89. The van der Waals surface area contributed by atoms with Crippen molar-refractivity contribution in [3.05, 3.63) is 22.6 Å². The van der Waals surface area contributed by atoms with Gasteiger partial charge in [0.1, 0.15) is 6.04 Å². The van der Waals surface area contributed by atoms with E-state index >= 15 is 0 Å². The summed E-state index contributed by atoms with van der Waals surface area (Å²) in [5, 5.41) is 11.7. The highest BCUT2D eigenvalue weighted by Gasteiger charge is 2.25. The molecule has 0 spiro atoms. The van der Waals surface area contributed by atoms with E-state index in [0.717, 1.165) is 12.8 Å². The van der Waals surface area contributed by atoms with Crippen LogP contribution in [0.1, 0.15) is 19.8 Å². The van der Waals surface area contributed by atoms with E-state index in [2.05, 4.69) is 20.8 Å². The summed E-state index contributed by atoms with van der Waals surface area (Å²) in [6, 6.07) is 1.34. The van der Waals surface area contributed by atoms with E-state index < -0.39 is 0 Å². The molecule has 1 fully saturated rings. The van der Waals surface area contributed by atoms with Gasteiger partial charge in [-0.3, -0.25) is 9.59 Å². The van der Waals surface area contributed by atoms with Crippen molar-refractivity contribution in [3.63, 3.8) is 0 Å². The molecule has 1 heterocycles. The molecular formula is C10H14N4O2. The summed E-state index contributed by atoms with van der Waals surface area (Å²) in [5.41, 5.74) is 0.252. The molecule has 1 unspecified atom stereocenters. The van der Waals surface area contributed by atoms with Crippen LogP contribution in [-0.2, 0) is 4.79 Å². The normalized spacial score (nSPS) is 16.6. The lowest BCUT2D eigenvalue weighted by Crippen LogP contribution is -2.38. The molecule has 16 heavy (non-hydrogen) atoms. The van der Waals surface area contributed by atoms with E-state index in [4.69, 9.17) is 0 Å². The van der Waals surface area contributed by atoms with Crippen molar-refractivity contribution in [2.45, 2.75) is 31.8 Å². The third-order valence-corrected chi connectivity index (χ3v) is 2.37. The van der Waals surface area contributed by atoms with Gasteiger partial charge in [0.05, 0.1) is 11.9 Å². The molecule has 0 saturated heterocycles. The van der Waals surface area contributed by atoms with Crippen LogP contribution in [0.15, 0.2) is 17.1 Å². The van der Waals surface area contributed by atoms with E-state index in [9.17, 15) is 9.59 Å². The average molecular weight is 222 g/mol. The third kappa shape index (κ3) is 2.82. The zero-order valence-corrected chi connectivity index (χ0v) is 8.99. The van der Waals surface area contributed by atoms with Gasteiger partial charge in [-0.05, 0) is 19.8 Å². The van der Waals surface area contributed by atoms with Crippen molar-refractivity contribution >= 4 is 11.6 Å². The van der Waals surface area contributed by atoms with Gasteiger partial charge in [0.25, 0.3) is 5.56 Å². The van der Waals surface area contributed by atoms with E-state index in [-0.39, 0.29) is 17.5 Å². The molecule has 1 saturated carbocycles. The molecule has 0 radical (unpaired) electrons. The van der Waals surface area contributed by atoms with Crippen LogP contribution in [0.5, 0.6) is 0 Å². The summed E-state index contributed by atoms with van der Waals surface area (Å²) < 4.78 is 0. The van der Waals surface area contributed by atoms with Gasteiger partial charge >= 0.3 is 0 Å². The Morgan fingerprint density at radius 2 is 2.38 bits per heavy atom. The molecule has 3 N–H and O–H groups in total. The van der Waals surface area contributed by atoms with Gasteiger partial charge in [-0.2, -0.15) is 5.10 Å². The summed E-state index contributed by atoms with van der Waals surface area (Å²) in [4.78, 5) is 22.6. The molecule has 1 aromatic heterocycles. The van der Waals surface area contributed by atoms with Crippen molar-refractivity contribution < 1.29 is 4.79 Å². The lowest BCUT2D eigenvalue weighted by atomic mass is 10.3. The second kappa shape index (κ2) is 4.34. The first-order chi connectivity index (χ1) is 7.65. The van der Waals surface area contributed by atoms with Crippen molar-refractivity contribution in [2.24, 2.45) is 0 Å². The molecule has 1 amide bonds. The van der Waals surface area contributed by atoms with Crippen LogP contribution in [0.2, 0.25) is 0 Å². The first kappa shape index (κ1) is 10.7. The number of hydrogen-bond donors (Lipinski definition) is 3. The molecule has 86 valence electrons. The van der Waals surface area contributed by atoms with Crippen LogP contribution in [0.3, 0.4) is 0 Å². The fourth-order valence-corrected chi connectivity index (χ4v) is 1.32. The lowest BCUT2D eigenvalue weighted by Gasteiger charge is -2.14. The Hall–Kier alpha value is -1.85. The minimum absolute atomic E-state index is 0.0530. The Balaban J connectivity index is 1.92. The maximum atomic E-state index is 11.6. The third-order valence-electron chi connectivity index (χ3n) is 2.37. The monoisotopic (exact) mass is 222 g/mol. The first-order valence-corrected chi connectivity index (χ1v) is 5.27. The molecule has 6 nitrogen and oxygen atoms in total. The highest BCUT2D eigenvalue weighted by atomic mass is 16.2. The maximum Gasteiger partial charge on any atom is 0.266 e. The average Bonchev–Trinajstić information content (AvgIpc) is 3.01. The summed E-state index contributed by atoms with van der Waals surface area (Å²) in [5.74, 6) is -0.0530. The van der Waals surface area contributed by atoms with Crippen molar-refractivity contribution in [1.82, 2.24) is 15.5 Å². The molecule has 2 rings (SSSR count). The van der Waals surface area contributed by atoms with Gasteiger partial charge in [-0.15, -0.1) is 0 Å². The zero-order chi connectivity index (χ0) is 11.5. The largest absolute Gasteiger partial charge is 0.372 e. The number of hydrogen-bond acceptors (Lipinski definition) is 4. The Labute approximate surface area is 92.4 Å². The predicted octanol–water partition coefficient (Wildman–Crippen LogP) is -0.151. The van der Waals surface area contributed by atoms with Crippen LogP contribution in [0.4, 0.5) is 5.69 Å². The molecule has 1 atom stereocenters. The number of amides is 1. The molecule has 1 aliphatic carbocycles. The summed E-state index contributed by atoms with van der Waals surface area (Å²) in [6.45, 7) is 1.75. The quantitative estimate of drug-likeness (QED) is 0.661. The van der Waals surface area contributed by atoms with Crippen molar-refractivity contribution in [2.75, 3.05) is 5.32 Å². The fourth-order valence-electron chi connectivity index (χ4n) is 1.32. The number of anilines is 1. The van der Waals surface area contributed by atoms with Crippen LogP contribution >= 0.6 is 0 Å². The number of carbonyl (C=O) groups is 1. The Morgan fingerprint density at radius 3 is 3.00 bits per heavy atom. The number of carbonyl (C=O) groups excluding carboxylic acids is 1.